The second-order valence-corrected chi connectivity index (χ2v) is 14.7. The van der Waals surface area contributed by atoms with Crippen LogP contribution in [0, 0.1) is 0 Å². The normalized spacial score (nSPS) is 13.9. The van der Waals surface area contributed by atoms with Crippen LogP contribution in [-0.4, -0.2) is 41.9 Å². The van der Waals surface area contributed by atoms with Crippen LogP contribution in [0.3, 0.4) is 0 Å². The molecular weight excluding hydrogens is 607 g/mol. The van der Waals surface area contributed by atoms with Crippen LogP contribution in [0.15, 0.2) is 48.6 Å². The Balaban J connectivity index is 3.84. The van der Waals surface area contributed by atoms with E-state index in [-0.39, 0.29) is 12.3 Å². The van der Waals surface area contributed by atoms with Crippen molar-refractivity contribution in [1.29, 1.82) is 0 Å². The third-order valence-electron chi connectivity index (χ3n) is 8.48. The van der Waals surface area contributed by atoms with Gasteiger partial charge in [-0.1, -0.05) is 159 Å². The van der Waals surface area contributed by atoms with E-state index in [4.69, 9.17) is 0 Å². The summed E-state index contributed by atoms with van der Waals surface area (Å²) in [7, 11) is -4.35. The largest absolute Gasteiger partial charge is 0.387 e. The molecule has 3 N–H and O–H groups in total. The number of carbonyl (C=O) groups is 1. The van der Waals surface area contributed by atoms with Crippen LogP contribution < -0.4 is 5.32 Å². The summed E-state index contributed by atoms with van der Waals surface area (Å²) in [5, 5.41) is 13.1. The maximum Gasteiger partial charge on any atom is 0.267 e. The molecule has 0 bridgehead atoms. The van der Waals surface area contributed by atoms with E-state index in [1.807, 2.05) is 0 Å². The number of unbranched alkanes of at least 4 members (excludes halogenated alkanes) is 20. The highest BCUT2D eigenvalue weighted by Crippen LogP contribution is 2.13. The smallest absolute Gasteiger partial charge is 0.267 e. The second-order valence-electron chi connectivity index (χ2n) is 13.2. The van der Waals surface area contributed by atoms with Crippen molar-refractivity contribution in [2.75, 3.05) is 5.75 Å². The first-order valence-corrected chi connectivity index (χ1v) is 20.9. The fourth-order valence-corrected chi connectivity index (χ4v) is 6.29. The van der Waals surface area contributed by atoms with Gasteiger partial charge in [-0.2, -0.15) is 8.42 Å². The zero-order chi connectivity index (χ0) is 34.7. The molecule has 0 radical (unpaired) electrons. The van der Waals surface area contributed by atoms with Gasteiger partial charge in [0.1, 0.15) is 0 Å². The highest BCUT2D eigenvalue weighted by molar-refractivity contribution is 7.85. The fourth-order valence-electron chi connectivity index (χ4n) is 5.55. The Hall–Kier alpha value is -1.70. The molecule has 0 aromatic heterocycles. The summed E-state index contributed by atoms with van der Waals surface area (Å²) in [5.41, 5.74) is 0. The van der Waals surface area contributed by atoms with Crippen LogP contribution in [0.5, 0.6) is 0 Å². The van der Waals surface area contributed by atoms with Gasteiger partial charge in [0, 0.05) is 6.42 Å². The zero-order valence-electron chi connectivity index (χ0n) is 30.4. The van der Waals surface area contributed by atoms with E-state index in [1.165, 1.54) is 122 Å². The van der Waals surface area contributed by atoms with Crippen molar-refractivity contribution in [2.24, 2.45) is 0 Å². The van der Waals surface area contributed by atoms with Gasteiger partial charge in [0.05, 0.1) is 17.9 Å². The van der Waals surface area contributed by atoms with Crippen molar-refractivity contribution < 1.29 is 22.9 Å². The number of hydrogen-bond donors (Lipinski definition) is 3. The third-order valence-corrected chi connectivity index (χ3v) is 9.26. The molecule has 0 aliphatic heterocycles. The molecular formula is C40H73NO5S. The molecule has 1 amide bonds. The van der Waals surface area contributed by atoms with Gasteiger partial charge in [-0.3, -0.25) is 9.35 Å². The molecule has 0 aromatic carbocycles. The SMILES string of the molecule is CCCCC/C=C/CC/C=C/C(O)C(CS(=O)(=O)O)NC(=O)CCCCCCCCCCCCC/C=C\C/C=C\CCCCCCC. The molecule has 47 heavy (non-hydrogen) atoms. The molecule has 0 aromatic rings. The number of rotatable bonds is 34. The summed E-state index contributed by atoms with van der Waals surface area (Å²) in [4.78, 5) is 12.4. The average molecular weight is 680 g/mol. The van der Waals surface area contributed by atoms with Gasteiger partial charge in [0.15, 0.2) is 0 Å². The minimum atomic E-state index is -4.35. The minimum Gasteiger partial charge on any atom is -0.387 e. The molecule has 274 valence electrons. The summed E-state index contributed by atoms with van der Waals surface area (Å²) >= 11 is 0. The number of amides is 1. The molecule has 7 heteroatoms. The van der Waals surface area contributed by atoms with Gasteiger partial charge in [-0.05, 0) is 64.2 Å². The van der Waals surface area contributed by atoms with Crippen molar-refractivity contribution >= 4 is 16.0 Å². The Morgan fingerprint density at radius 1 is 0.574 bits per heavy atom. The average Bonchev–Trinajstić information content (AvgIpc) is 3.03. The number of carbonyl (C=O) groups excluding carboxylic acids is 1. The van der Waals surface area contributed by atoms with Gasteiger partial charge in [-0.15, -0.1) is 0 Å². The number of aliphatic hydroxyl groups is 1. The summed E-state index contributed by atoms with van der Waals surface area (Å²) < 4.78 is 32.3. The van der Waals surface area contributed by atoms with Crippen LogP contribution in [-0.2, 0) is 14.9 Å². The number of nitrogens with one attached hydrogen (secondary N) is 1. The molecule has 6 nitrogen and oxygen atoms in total. The molecule has 0 aliphatic carbocycles. The van der Waals surface area contributed by atoms with Crippen molar-refractivity contribution in [3.05, 3.63) is 48.6 Å². The molecule has 0 fully saturated rings. The summed E-state index contributed by atoms with van der Waals surface area (Å²) in [5.74, 6) is -1.01. The minimum absolute atomic E-state index is 0.284. The predicted molar refractivity (Wildman–Crippen MR) is 202 cm³/mol. The van der Waals surface area contributed by atoms with Crippen molar-refractivity contribution in [1.82, 2.24) is 5.32 Å². The molecule has 0 aliphatic rings. The molecule has 0 spiro atoms. The van der Waals surface area contributed by atoms with Gasteiger partial charge in [0.25, 0.3) is 10.1 Å². The van der Waals surface area contributed by atoms with Gasteiger partial charge < -0.3 is 10.4 Å². The quantitative estimate of drug-likeness (QED) is 0.0357. The first-order valence-electron chi connectivity index (χ1n) is 19.3. The summed E-state index contributed by atoms with van der Waals surface area (Å²) in [6, 6.07) is -1.07. The van der Waals surface area contributed by atoms with E-state index in [0.29, 0.717) is 6.42 Å². The molecule has 0 rings (SSSR count). The highest BCUT2D eigenvalue weighted by Gasteiger charge is 2.24. The first-order chi connectivity index (χ1) is 22.8. The van der Waals surface area contributed by atoms with E-state index in [9.17, 15) is 22.9 Å². The molecule has 0 heterocycles. The topological polar surface area (TPSA) is 104 Å². The molecule has 2 unspecified atom stereocenters. The van der Waals surface area contributed by atoms with Crippen molar-refractivity contribution in [2.45, 2.75) is 193 Å². The lowest BCUT2D eigenvalue weighted by atomic mass is 10.0. The van der Waals surface area contributed by atoms with Crippen LogP contribution >= 0.6 is 0 Å². The first kappa shape index (κ1) is 45.3. The number of aliphatic hydroxyl groups excluding tert-OH is 1. The molecule has 0 saturated carbocycles. The predicted octanol–water partition coefficient (Wildman–Crippen LogP) is 11.1. The fraction of sp³-hybridized carbons (Fsp3) is 0.775. The summed E-state index contributed by atoms with van der Waals surface area (Å²) in [6.07, 6.45) is 45.4. The molecule has 0 saturated heterocycles. The van der Waals surface area contributed by atoms with E-state index in [1.54, 1.807) is 6.08 Å². The summed E-state index contributed by atoms with van der Waals surface area (Å²) in [6.45, 7) is 4.44. The highest BCUT2D eigenvalue weighted by atomic mass is 32.2. The number of hydrogen-bond acceptors (Lipinski definition) is 4. The lowest BCUT2D eigenvalue weighted by Crippen LogP contribution is -2.46. The lowest BCUT2D eigenvalue weighted by molar-refractivity contribution is -0.122. The van der Waals surface area contributed by atoms with Crippen LogP contribution in [0.4, 0.5) is 0 Å². The second kappa shape index (κ2) is 34.2. The maximum atomic E-state index is 12.4. The van der Waals surface area contributed by atoms with Gasteiger partial charge in [-0.25, -0.2) is 0 Å². The van der Waals surface area contributed by atoms with Gasteiger partial charge in [0.2, 0.25) is 5.91 Å². The Morgan fingerprint density at radius 2 is 0.979 bits per heavy atom. The Bertz CT molecular complexity index is 925. The van der Waals surface area contributed by atoms with Crippen molar-refractivity contribution in [3.8, 4) is 0 Å². The Morgan fingerprint density at radius 3 is 1.51 bits per heavy atom. The maximum absolute atomic E-state index is 12.4. The molecule has 2 atom stereocenters. The van der Waals surface area contributed by atoms with Gasteiger partial charge >= 0.3 is 0 Å². The standard InChI is InChI=1S/C40H73NO5S/c1-3-5-7-9-11-13-14-15-16-17-18-19-20-21-22-23-24-25-26-28-30-32-34-36-40(43)41-38(37-47(44,45)46)39(42)35-33-31-29-27-12-10-8-6-4-2/h12,14-15,17-18,27,33,35,38-39,42H,3-11,13,16,19-26,28-32,34,36-37H2,1-2H3,(H,41,43)(H,44,45,46)/b15-14-,18-17-,27-12+,35-33+. The lowest BCUT2D eigenvalue weighted by Gasteiger charge is -2.21. The number of allylic oxidation sites excluding steroid dienone is 7. The van der Waals surface area contributed by atoms with Crippen LogP contribution in [0.1, 0.15) is 181 Å². The third kappa shape index (κ3) is 35.4. The Kier molecular flexibility index (Phi) is 32.9. The van der Waals surface area contributed by atoms with E-state index in [0.717, 1.165) is 38.5 Å². The van der Waals surface area contributed by atoms with E-state index in [2.05, 4.69) is 55.6 Å². The van der Waals surface area contributed by atoms with Crippen LogP contribution in [0.2, 0.25) is 0 Å². The van der Waals surface area contributed by atoms with E-state index >= 15 is 0 Å². The van der Waals surface area contributed by atoms with E-state index < -0.39 is 28.0 Å². The monoisotopic (exact) mass is 680 g/mol. The zero-order valence-corrected chi connectivity index (χ0v) is 31.2. The van der Waals surface area contributed by atoms with Crippen LogP contribution in [0.25, 0.3) is 0 Å². The van der Waals surface area contributed by atoms with Crippen molar-refractivity contribution in [3.63, 3.8) is 0 Å². The Labute approximate surface area is 290 Å².